The minimum atomic E-state index is -0.192. The second-order valence-corrected chi connectivity index (χ2v) is 7.95. The summed E-state index contributed by atoms with van der Waals surface area (Å²) in [5.74, 6) is 2.57. The Morgan fingerprint density at radius 3 is 3.00 bits per heavy atom. The monoisotopic (exact) mass is 567 g/mol. The molecule has 0 spiro atoms. The maximum Gasteiger partial charge on any atom is 0.216 e. The van der Waals surface area contributed by atoms with Crippen LogP contribution in [0.2, 0.25) is 0 Å². The first-order chi connectivity index (χ1) is 15.6. The number of aromatic nitrogens is 3. The molecule has 1 atom stereocenters. The van der Waals surface area contributed by atoms with Crippen molar-refractivity contribution in [1.82, 2.24) is 25.8 Å². The highest BCUT2D eigenvalue weighted by atomic mass is 127. The van der Waals surface area contributed by atoms with Crippen LogP contribution in [0.4, 0.5) is 10.1 Å². The van der Waals surface area contributed by atoms with Gasteiger partial charge in [-0.15, -0.1) is 24.0 Å². The molecule has 1 aliphatic heterocycles. The van der Waals surface area contributed by atoms with Crippen molar-refractivity contribution < 1.29 is 8.81 Å². The van der Waals surface area contributed by atoms with Crippen molar-refractivity contribution in [2.45, 2.75) is 39.2 Å². The van der Waals surface area contributed by atoms with Crippen LogP contribution < -0.4 is 15.5 Å². The molecule has 1 aliphatic rings. The van der Waals surface area contributed by atoms with Gasteiger partial charge in [-0.3, -0.25) is 10.1 Å². The number of guanidine groups is 1. The molecule has 1 saturated heterocycles. The predicted molar refractivity (Wildman–Crippen MR) is 139 cm³/mol. The Bertz CT molecular complexity index is 1040. The minimum absolute atomic E-state index is 0. The maximum atomic E-state index is 13.5. The second-order valence-electron chi connectivity index (χ2n) is 7.95. The third-order valence-electron chi connectivity index (χ3n) is 5.50. The number of nitrogens with one attached hydrogen (secondary N) is 3. The summed E-state index contributed by atoms with van der Waals surface area (Å²) in [5.41, 5.74) is 2.06. The summed E-state index contributed by atoms with van der Waals surface area (Å²) >= 11 is 0. The van der Waals surface area contributed by atoms with Gasteiger partial charge in [0.05, 0.1) is 6.26 Å². The van der Waals surface area contributed by atoms with E-state index in [0.29, 0.717) is 24.6 Å². The van der Waals surface area contributed by atoms with Crippen LogP contribution in [-0.2, 0) is 6.42 Å². The number of aliphatic imine (C=N–C) groups is 1. The molecule has 0 saturated carbocycles. The summed E-state index contributed by atoms with van der Waals surface area (Å²) in [4.78, 5) is 11.5. The number of hydrogen-bond donors (Lipinski definition) is 3. The van der Waals surface area contributed by atoms with Crippen LogP contribution in [0.25, 0.3) is 11.6 Å². The van der Waals surface area contributed by atoms with Crippen molar-refractivity contribution in [1.29, 1.82) is 0 Å². The average molecular weight is 567 g/mol. The number of piperidine rings is 1. The van der Waals surface area contributed by atoms with E-state index in [9.17, 15) is 4.39 Å². The van der Waals surface area contributed by atoms with Crippen LogP contribution in [0.5, 0.6) is 0 Å². The first-order valence-electron chi connectivity index (χ1n) is 11.1. The fraction of sp³-hybridized carbons (Fsp3) is 0.435. The van der Waals surface area contributed by atoms with Gasteiger partial charge in [-0.05, 0) is 62.6 Å². The smallest absolute Gasteiger partial charge is 0.216 e. The lowest BCUT2D eigenvalue weighted by atomic mass is 10.0. The highest BCUT2D eigenvalue weighted by molar-refractivity contribution is 14.0. The Hall–Kier alpha value is -2.63. The summed E-state index contributed by atoms with van der Waals surface area (Å²) in [6.45, 7) is 7.20. The zero-order valence-corrected chi connectivity index (χ0v) is 21.3. The molecule has 3 N–H and O–H groups in total. The standard InChI is InChI=1S/C23H30FN7O.HI/c1-3-25-23(26-11-10-21-28-22(30-29-21)20-7-5-13-32-20)27-18-6-4-12-31(15-18)19-9-8-17(24)14-16(19)2;/h5,7-9,13-14,18H,3-4,6,10-12,15H2,1-2H3,(H2,25,26,27)(H,28,29,30);1H. The summed E-state index contributed by atoms with van der Waals surface area (Å²) in [6.07, 6.45) is 4.39. The van der Waals surface area contributed by atoms with E-state index in [1.807, 2.05) is 25.1 Å². The van der Waals surface area contributed by atoms with Crippen LogP contribution in [0.15, 0.2) is 46.0 Å². The lowest BCUT2D eigenvalue weighted by Crippen LogP contribution is -2.51. The molecule has 4 rings (SSSR count). The Balaban J connectivity index is 0.00000306. The van der Waals surface area contributed by atoms with E-state index < -0.39 is 0 Å². The van der Waals surface area contributed by atoms with Crippen molar-refractivity contribution in [3.63, 3.8) is 0 Å². The highest BCUT2D eigenvalue weighted by Gasteiger charge is 2.22. The largest absolute Gasteiger partial charge is 0.461 e. The van der Waals surface area contributed by atoms with Crippen LogP contribution in [0.1, 0.15) is 31.2 Å². The van der Waals surface area contributed by atoms with Gasteiger partial charge >= 0.3 is 0 Å². The first-order valence-corrected chi connectivity index (χ1v) is 11.1. The molecule has 0 bridgehead atoms. The molecular weight excluding hydrogens is 536 g/mol. The Morgan fingerprint density at radius 1 is 1.36 bits per heavy atom. The zero-order chi connectivity index (χ0) is 22.3. The lowest BCUT2D eigenvalue weighted by molar-refractivity contribution is 0.467. The van der Waals surface area contributed by atoms with Crippen molar-refractivity contribution >= 4 is 35.6 Å². The minimum Gasteiger partial charge on any atom is -0.461 e. The normalized spacial score (nSPS) is 16.4. The van der Waals surface area contributed by atoms with Crippen molar-refractivity contribution in [3.8, 4) is 11.6 Å². The molecule has 3 heterocycles. The molecule has 33 heavy (non-hydrogen) atoms. The van der Waals surface area contributed by atoms with Gasteiger partial charge in [0.25, 0.3) is 0 Å². The summed E-state index contributed by atoms with van der Waals surface area (Å²) in [7, 11) is 0. The number of benzene rings is 1. The third kappa shape index (κ3) is 6.68. The van der Waals surface area contributed by atoms with E-state index in [4.69, 9.17) is 9.41 Å². The van der Waals surface area contributed by atoms with E-state index >= 15 is 0 Å². The summed E-state index contributed by atoms with van der Waals surface area (Å²) in [5, 5.41) is 14.0. The molecule has 1 aromatic carbocycles. The van der Waals surface area contributed by atoms with Crippen LogP contribution in [0, 0.1) is 12.7 Å². The number of hydrogen-bond acceptors (Lipinski definition) is 5. The van der Waals surface area contributed by atoms with E-state index in [1.165, 1.54) is 6.07 Å². The molecule has 8 nitrogen and oxygen atoms in total. The number of H-pyrrole nitrogens is 1. The molecule has 0 amide bonds. The van der Waals surface area contributed by atoms with Gasteiger partial charge in [-0.1, -0.05) is 0 Å². The maximum absolute atomic E-state index is 13.5. The number of rotatable bonds is 7. The topological polar surface area (TPSA) is 94.4 Å². The Kier molecular flexibility index (Phi) is 9.10. The second kappa shape index (κ2) is 12.0. The fourth-order valence-corrected chi connectivity index (χ4v) is 4.00. The molecule has 2 aromatic heterocycles. The van der Waals surface area contributed by atoms with Crippen LogP contribution >= 0.6 is 24.0 Å². The Labute approximate surface area is 210 Å². The average Bonchev–Trinajstić information content (AvgIpc) is 3.46. The van der Waals surface area contributed by atoms with E-state index in [0.717, 1.165) is 55.5 Å². The van der Waals surface area contributed by atoms with Gasteiger partial charge in [0, 0.05) is 44.3 Å². The van der Waals surface area contributed by atoms with Crippen molar-refractivity contribution in [2.24, 2.45) is 4.99 Å². The molecular formula is C23H31FIN7O. The third-order valence-corrected chi connectivity index (χ3v) is 5.50. The molecule has 10 heteroatoms. The first kappa shape index (κ1) is 25.0. The number of aromatic amines is 1. The number of halogens is 2. The number of furan rings is 1. The number of anilines is 1. The molecule has 1 fully saturated rings. The van der Waals surface area contributed by atoms with Gasteiger partial charge in [0.15, 0.2) is 11.7 Å². The molecule has 1 unspecified atom stereocenters. The highest BCUT2D eigenvalue weighted by Crippen LogP contribution is 2.24. The van der Waals surface area contributed by atoms with Crippen molar-refractivity contribution in [3.05, 3.63) is 53.8 Å². The number of aryl methyl sites for hydroxylation is 1. The van der Waals surface area contributed by atoms with Gasteiger partial charge in [0.1, 0.15) is 11.6 Å². The van der Waals surface area contributed by atoms with Crippen LogP contribution in [-0.4, -0.2) is 53.4 Å². The summed E-state index contributed by atoms with van der Waals surface area (Å²) < 4.78 is 18.8. The van der Waals surface area contributed by atoms with E-state index in [-0.39, 0.29) is 35.8 Å². The van der Waals surface area contributed by atoms with Crippen molar-refractivity contribution in [2.75, 3.05) is 31.1 Å². The van der Waals surface area contributed by atoms with Crippen LogP contribution in [0.3, 0.4) is 0 Å². The van der Waals surface area contributed by atoms with Gasteiger partial charge in [-0.2, -0.15) is 5.10 Å². The molecule has 0 aliphatic carbocycles. The Morgan fingerprint density at radius 2 is 2.24 bits per heavy atom. The lowest BCUT2D eigenvalue weighted by Gasteiger charge is -2.36. The molecule has 178 valence electrons. The molecule has 0 radical (unpaired) electrons. The van der Waals surface area contributed by atoms with Gasteiger partial charge < -0.3 is 20.0 Å². The fourth-order valence-electron chi connectivity index (χ4n) is 4.00. The van der Waals surface area contributed by atoms with Gasteiger partial charge in [0.2, 0.25) is 5.82 Å². The molecule has 3 aromatic rings. The number of nitrogens with zero attached hydrogens (tertiary/aromatic N) is 4. The quantitative estimate of drug-likeness (QED) is 0.228. The van der Waals surface area contributed by atoms with Gasteiger partial charge in [-0.25, -0.2) is 9.37 Å². The zero-order valence-electron chi connectivity index (χ0n) is 19.0. The predicted octanol–water partition coefficient (Wildman–Crippen LogP) is 3.90. The summed E-state index contributed by atoms with van der Waals surface area (Å²) in [6, 6.07) is 8.92. The SMILES string of the molecule is CCNC(=NCCc1nc(-c2ccco2)n[nH]1)NC1CCCN(c2ccc(F)cc2C)C1.I. The van der Waals surface area contributed by atoms with E-state index in [2.05, 4.69) is 37.6 Å². The van der Waals surface area contributed by atoms with E-state index in [1.54, 1.807) is 12.3 Å².